The smallest absolute Gasteiger partial charge is 0.251 e. The number of aromatic nitrogens is 2. The first-order chi connectivity index (χ1) is 12.8. The summed E-state index contributed by atoms with van der Waals surface area (Å²) < 4.78 is 0. The van der Waals surface area contributed by atoms with E-state index in [1.165, 1.54) is 0 Å². The Labute approximate surface area is 160 Å². The fourth-order valence-electron chi connectivity index (χ4n) is 3.06. The average molecular weight is 362 g/mol. The van der Waals surface area contributed by atoms with Gasteiger partial charge < -0.3 is 10.6 Å². The van der Waals surface area contributed by atoms with E-state index in [4.69, 9.17) is 0 Å². The predicted molar refractivity (Wildman–Crippen MR) is 111 cm³/mol. The molecule has 0 aliphatic carbocycles. The maximum atomic E-state index is 12.4. The van der Waals surface area contributed by atoms with E-state index in [0.29, 0.717) is 5.56 Å². The maximum Gasteiger partial charge on any atom is 0.251 e. The Kier molecular flexibility index (Phi) is 5.40. The van der Waals surface area contributed by atoms with Crippen molar-refractivity contribution in [1.29, 1.82) is 0 Å². The number of fused-ring (bicyclic) bond motifs is 1. The Hall–Kier alpha value is -2.95. The van der Waals surface area contributed by atoms with Gasteiger partial charge in [0.25, 0.3) is 5.91 Å². The molecule has 0 atom stereocenters. The molecule has 0 radical (unpaired) electrons. The molecule has 0 spiro atoms. The fourth-order valence-corrected chi connectivity index (χ4v) is 3.06. The summed E-state index contributed by atoms with van der Waals surface area (Å²) in [7, 11) is 0. The van der Waals surface area contributed by atoms with Crippen LogP contribution in [0.5, 0.6) is 0 Å². The van der Waals surface area contributed by atoms with Crippen molar-refractivity contribution in [2.75, 3.05) is 5.32 Å². The molecule has 27 heavy (non-hydrogen) atoms. The van der Waals surface area contributed by atoms with E-state index in [1.54, 1.807) is 6.20 Å². The van der Waals surface area contributed by atoms with Gasteiger partial charge in [0.15, 0.2) is 5.82 Å². The monoisotopic (exact) mass is 362 g/mol. The van der Waals surface area contributed by atoms with Crippen LogP contribution in [0.3, 0.4) is 0 Å². The van der Waals surface area contributed by atoms with Gasteiger partial charge in [-0.25, -0.2) is 0 Å². The Morgan fingerprint density at radius 3 is 2.48 bits per heavy atom. The van der Waals surface area contributed by atoms with Crippen LogP contribution in [0.25, 0.3) is 21.9 Å². The first-order valence-corrected chi connectivity index (χ1v) is 9.29. The quantitative estimate of drug-likeness (QED) is 0.698. The molecule has 3 rings (SSSR count). The van der Waals surface area contributed by atoms with Crippen LogP contribution >= 0.6 is 0 Å². The highest BCUT2D eigenvalue weighted by molar-refractivity contribution is 5.97. The number of nitrogens with zero attached hydrogens (tertiary/aromatic N) is 2. The van der Waals surface area contributed by atoms with E-state index in [9.17, 15) is 4.79 Å². The second-order valence-electron chi connectivity index (χ2n) is 7.45. The minimum Gasteiger partial charge on any atom is -0.366 e. The summed E-state index contributed by atoms with van der Waals surface area (Å²) in [5.41, 5.74) is 3.89. The van der Waals surface area contributed by atoms with Crippen LogP contribution in [0.15, 0.2) is 42.6 Å². The first-order valence-electron chi connectivity index (χ1n) is 9.29. The number of benzene rings is 2. The lowest BCUT2D eigenvalue weighted by atomic mass is 9.96. The summed E-state index contributed by atoms with van der Waals surface area (Å²) in [6.07, 6.45) is 1.77. The van der Waals surface area contributed by atoms with Gasteiger partial charge in [-0.15, -0.1) is 5.10 Å². The van der Waals surface area contributed by atoms with Gasteiger partial charge in [-0.1, -0.05) is 12.1 Å². The van der Waals surface area contributed by atoms with Crippen LogP contribution in [-0.4, -0.2) is 28.2 Å². The van der Waals surface area contributed by atoms with Crippen LogP contribution in [0.2, 0.25) is 0 Å². The normalized spacial score (nSPS) is 11.2. The van der Waals surface area contributed by atoms with Crippen LogP contribution in [0, 0.1) is 6.92 Å². The zero-order valence-electron chi connectivity index (χ0n) is 16.5. The molecule has 2 N–H and O–H groups in total. The predicted octanol–water partition coefficient (Wildman–Crippen LogP) is 4.56. The highest BCUT2D eigenvalue weighted by atomic mass is 16.1. The minimum absolute atomic E-state index is 0.0543. The third-order valence-electron chi connectivity index (χ3n) is 4.32. The second-order valence-corrected chi connectivity index (χ2v) is 7.45. The van der Waals surface area contributed by atoms with E-state index in [0.717, 1.165) is 33.3 Å². The highest BCUT2D eigenvalue weighted by Gasteiger charge is 2.12. The molecule has 0 saturated carbocycles. The molecule has 140 valence electrons. The van der Waals surface area contributed by atoms with E-state index >= 15 is 0 Å². The molecule has 1 amide bonds. The number of hydrogen-bond donors (Lipinski definition) is 2. The van der Waals surface area contributed by atoms with E-state index in [1.807, 2.05) is 32.0 Å². The number of carbonyl (C=O) groups is 1. The molecule has 0 saturated heterocycles. The van der Waals surface area contributed by atoms with Gasteiger partial charge in [0.05, 0.1) is 6.20 Å². The molecule has 0 aliphatic heterocycles. The van der Waals surface area contributed by atoms with Crippen LogP contribution in [0.1, 0.15) is 43.6 Å². The Morgan fingerprint density at radius 2 is 1.78 bits per heavy atom. The number of amides is 1. The molecule has 0 bridgehead atoms. The van der Waals surface area contributed by atoms with Gasteiger partial charge in [0.2, 0.25) is 0 Å². The molecule has 1 heterocycles. The zero-order valence-corrected chi connectivity index (χ0v) is 16.5. The van der Waals surface area contributed by atoms with Gasteiger partial charge in [-0.05, 0) is 75.6 Å². The van der Waals surface area contributed by atoms with Crippen molar-refractivity contribution in [3.63, 3.8) is 0 Å². The van der Waals surface area contributed by atoms with Gasteiger partial charge in [0.1, 0.15) is 0 Å². The summed E-state index contributed by atoms with van der Waals surface area (Å²) in [6, 6.07) is 12.4. The van der Waals surface area contributed by atoms with Gasteiger partial charge in [-0.3, -0.25) is 4.79 Å². The van der Waals surface area contributed by atoms with E-state index < -0.39 is 0 Å². The molecule has 0 fully saturated rings. The number of carbonyl (C=O) groups excluding carboxylic acids is 1. The number of hydrogen-bond acceptors (Lipinski definition) is 4. The molecular weight excluding hydrogens is 336 g/mol. The first kappa shape index (κ1) is 18.8. The SMILES string of the molecule is Cc1ccc(C(=O)NC(C)C)cc1-c1ccc2c(NC(C)C)nncc2c1. The zero-order chi connectivity index (χ0) is 19.6. The molecule has 5 heteroatoms. The standard InChI is InChI=1S/C22H26N4O/c1-13(2)24-21-19-9-8-16(10-18(19)12-23-26-21)20-11-17(7-6-15(20)5)22(27)25-14(3)4/h6-14H,1-5H3,(H,24,26)(H,25,27). The van der Waals surface area contributed by atoms with Crippen molar-refractivity contribution in [2.24, 2.45) is 0 Å². The third kappa shape index (κ3) is 4.25. The number of anilines is 1. The molecule has 1 aromatic heterocycles. The maximum absolute atomic E-state index is 12.4. The molecule has 2 aromatic carbocycles. The van der Waals surface area contributed by atoms with Crippen molar-refractivity contribution in [3.05, 3.63) is 53.7 Å². The molecule has 5 nitrogen and oxygen atoms in total. The summed E-state index contributed by atoms with van der Waals surface area (Å²) in [5, 5.41) is 16.7. The molecule has 0 unspecified atom stereocenters. The molecule has 0 aliphatic rings. The summed E-state index contributed by atoms with van der Waals surface area (Å²) >= 11 is 0. The number of aryl methyl sites for hydroxylation is 1. The lowest BCUT2D eigenvalue weighted by Gasteiger charge is -2.13. The summed E-state index contributed by atoms with van der Waals surface area (Å²) in [6.45, 7) is 10.1. The Balaban J connectivity index is 2.03. The van der Waals surface area contributed by atoms with E-state index in [-0.39, 0.29) is 18.0 Å². The largest absolute Gasteiger partial charge is 0.366 e. The fraction of sp³-hybridized carbons (Fsp3) is 0.318. The van der Waals surface area contributed by atoms with Crippen LogP contribution in [0.4, 0.5) is 5.82 Å². The van der Waals surface area contributed by atoms with E-state index in [2.05, 4.69) is 59.8 Å². The second kappa shape index (κ2) is 7.74. The number of rotatable bonds is 5. The summed E-state index contributed by atoms with van der Waals surface area (Å²) in [4.78, 5) is 12.4. The van der Waals surface area contributed by atoms with Crippen molar-refractivity contribution in [3.8, 4) is 11.1 Å². The lowest BCUT2D eigenvalue weighted by molar-refractivity contribution is 0.0943. The Morgan fingerprint density at radius 1 is 1.00 bits per heavy atom. The molecule has 3 aromatic rings. The highest BCUT2D eigenvalue weighted by Crippen LogP contribution is 2.30. The van der Waals surface area contributed by atoms with Crippen LogP contribution < -0.4 is 10.6 Å². The van der Waals surface area contributed by atoms with Gasteiger partial charge in [0, 0.05) is 28.4 Å². The van der Waals surface area contributed by atoms with Gasteiger partial charge >= 0.3 is 0 Å². The van der Waals surface area contributed by atoms with Crippen molar-refractivity contribution < 1.29 is 4.79 Å². The average Bonchev–Trinajstić information content (AvgIpc) is 2.61. The Bertz CT molecular complexity index is 979. The van der Waals surface area contributed by atoms with Gasteiger partial charge in [-0.2, -0.15) is 5.10 Å². The van der Waals surface area contributed by atoms with Crippen molar-refractivity contribution >= 4 is 22.5 Å². The summed E-state index contributed by atoms with van der Waals surface area (Å²) in [5.74, 6) is 0.733. The molecular formula is C22H26N4O. The van der Waals surface area contributed by atoms with Crippen molar-refractivity contribution in [1.82, 2.24) is 15.5 Å². The number of nitrogens with one attached hydrogen (secondary N) is 2. The topological polar surface area (TPSA) is 66.9 Å². The van der Waals surface area contributed by atoms with Crippen LogP contribution in [-0.2, 0) is 0 Å². The van der Waals surface area contributed by atoms with Crippen molar-refractivity contribution in [2.45, 2.75) is 46.7 Å². The third-order valence-corrected chi connectivity index (χ3v) is 4.32. The lowest BCUT2D eigenvalue weighted by Crippen LogP contribution is -2.30. The minimum atomic E-state index is -0.0543.